The second kappa shape index (κ2) is 9.65. The zero-order chi connectivity index (χ0) is 21.5. The van der Waals surface area contributed by atoms with Gasteiger partial charge in [0.25, 0.3) is 5.91 Å². The second-order valence-corrected chi connectivity index (χ2v) is 9.39. The minimum Gasteiger partial charge on any atom is -0.402 e. The van der Waals surface area contributed by atoms with Crippen LogP contribution in [0.15, 0.2) is 47.1 Å². The van der Waals surface area contributed by atoms with Gasteiger partial charge in [0.1, 0.15) is 5.78 Å². The Morgan fingerprint density at radius 3 is 2.46 bits per heavy atom. The van der Waals surface area contributed by atoms with E-state index in [1.165, 1.54) is 25.3 Å². The number of rotatable bonds is 10. The summed E-state index contributed by atoms with van der Waals surface area (Å²) in [4.78, 5) is 23.8. The molecule has 1 aromatic carbocycles. The van der Waals surface area contributed by atoms with E-state index in [-0.39, 0.29) is 22.1 Å². The molecule has 0 aliphatic rings. The molecule has 0 bridgehead atoms. The Kier molecular flexibility index (Phi) is 8.13. The first kappa shape index (κ1) is 23.6. The lowest BCUT2D eigenvalue weighted by Crippen LogP contribution is -2.40. The van der Waals surface area contributed by atoms with Crippen molar-refractivity contribution in [2.45, 2.75) is 32.7 Å². The van der Waals surface area contributed by atoms with Gasteiger partial charge < -0.3 is 20.6 Å². The van der Waals surface area contributed by atoms with Gasteiger partial charge in [0.05, 0.1) is 21.9 Å². The van der Waals surface area contributed by atoms with Gasteiger partial charge in [-0.1, -0.05) is 30.5 Å². The quantitative estimate of drug-likeness (QED) is 0.484. The van der Waals surface area contributed by atoms with Crippen LogP contribution in [0.25, 0.3) is 0 Å². The minimum atomic E-state index is -3.79. The fraction of sp³-hybridized carbons (Fsp3) is 0.333. The summed E-state index contributed by atoms with van der Waals surface area (Å²) in [7, 11) is -3.79. The van der Waals surface area contributed by atoms with Crippen LogP contribution in [0.4, 0.5) is 0 Å². The van der Waals surface area contributed by atoms with Crippen LogP contribution in [0.2, 0.25) is 0 Å². The molecule has 0 radical (unpaired) electrons. The SMILES string of the molecule is C=C(NC(=O)c1ccccc1OS(C)(=O)=O)S/C(=C\N)NC(C)(C)CC(C)=O. The normalized spacial score (nSPS) is 12.2. The van der Waals surface area contributed by atoms with Crippen molar-refractivity contribution in [3.63, 3.8) is 0 Å². The molecule has 0 saturated carbocycles. The van der Waals surface area contributed by atoms with E-state index >= 15 is 0 Å². The number of ketones is 1. The van der Waals surface area contributed by atoms with Crippen LogP contribution in [-0.4, -0.2) is 31.9 Å². The molecule has 8 nitrogen and oxygen atoms in total. The number of Topliss-reactive ketones (excluding diaryl/α,β-unsaturated/α-hetero) is 1. The van der Waals surface area contributed by atoms with E-state index in [2.05, 4.69) is 17.2 Å². The van der Waals surface area contributed by atoms with Crippen LogP contribution in [-0.2, 0) is 14.9 Å². The number of carbonyl (C=O) groups excluding carboxylic acids is 2. The first-order valence-corrected chi connectivity index (χ1v) is 10.8. The number of hydrogen-bond acceptors (Lipinski definition) is 8. The van der Waals surface area contributed by atoms with Gasteiger partial charge in [0.2, 0.25) is 0 Å². The summed E-state index contributed by atoms with van der Waals surface area (Å²) in [6, 6.07) is 5.94. The first-order valence-electron chi connectivity index (χ1n) is 8.19. The lowest BCUT2D eigenvalue weighted by Gasteiger charge is -2.27. The number of nitrogens with two attached hydrogens (primary N) is 1. The largest absolute Gasteiger partial charge is 0.402 e. The van der Waals surface area contributed by atoms with Crippen molar-refractivity contribution < 1.29 is 22.2 Å². The molecular weight excluding hydrogens is 402 g/mol. The summed E-state index contributed by atoms with van der Waals surface area (Å²) in [6.07, 6.45) is 2.49. The Balaban J connectivity index is 2.83. The van der Waals surface area contributed by atoms with Crippen LogP contribution >= 0.6 is 11.8 Å². The average Bonchev–Trinajstić information content (AvgIpc) is 2.51. The molecule has 1 aromatic rings. The number of para-hydroxylation sites is 1. The molecule has 1 rings (SSSR count). The number of carbonyl (C=O) groups is 2. The van der Waals surface area contributed by atoms with Gasteiger partial charge in [0.15, 0.2) is 5.75 Å². The van der Waals surface area contributed by atoms with E-state index in [1.54, 1.807) is 12.1 Å². The van der Waals surface area contributed by atoms with E-state index in [9.17, 15) is 18.0 Å². The molecule has 154 valence electrons. The van der Waals surface area contributed by atoms with Gasteiger partial charge in [-0.25, -0.2) is 0 Å². The van der Waals surface area contributed by atoms with Gasteiger partial charge in [-0.3, -0.25) is 9.59 Å². The van der Waals surface area contributed by atoms with Crippen molar-refractivity contribution in [3.05, 3.63) is 52.7 Å². The molecule has 0 fully saturated rings. The van der Waals surface area contributed by atoms with Gasteiger partial charge in [-0.2, -0.15) is 8.42 Å². The molecule has 0 unspecified atom stereocenters. The third-order valence-electron chi connectivity index (χ3n) is 3.16. The molecule has 0 spiro atoms. The predicted octanol–water partition coefficient (Wildman–Crippen LogP) is 2.06. The fourth-order valence-electron chi connectivity index (χ4n) is 2.34. The molecule has 0 aromatic heterocycles. The molecule has 1 amide bonds. The van der Waals surface area contributed by atoms with Gasteiger partial charge in [0, 0.05) is 18.2 Å². The van der Waals surface area contributed by atoms with E-state index < -0.39 is 21.6 Å². The van der Waals surface area contributed by atoms with Gasteiger partial charge >= 0.3 is 10.1 Å². The van der Waals surface area contributed by atoms with Crippen molar-refractivity contribution in [2.75, 3.05) is 6.26 Å². The smallest absolute Gasteiger partial charge is 0.306 e. The van der Waals surface area contributed by atoms with E-state index in [0.717, 1.165) is 18.0 Å². The predicted molar refractivity (Wildman–Crippen MR) is 111 cm³/mol. The monoisotopic (exact) mass is 427 g/mol. The molecule has 0 saturated heterocycles. The maximum absolute atomic E-state index is 12.5. The molecule has 10 heteroatoms. The Morgan fingerprint density at radius 2 is 1.93 bits per heavy atom. The molecule has 0 heterocycles. The summed E-state index contributed by atoms with van der Waals surface area (Å²) in [5, 5.41) is 6.44. The first-order chi connectivity index (χ1) is 12.8. The maximum Gasteiger partial charge on any atom is 0.306 e. The zero-order valence-corrected chi connectivity index (χ0v) is 17.9. The summed E-state index contributed by atoms with van der Waals surface area (Å²) in [5.41, 5.74) is 5.13. The minimum absolute atomic E-state index is 0.0217. The molecule has 0 aliphatic heterocycles. The maximum atomic E-state index is 12.5. The molecule has 4 N–H and O–H groups in total. The highest BCUT2D eigenvalue weighted by Crippen LogP contribution is 2.25. The highest BCUT2D eigenvalue weighted by atomic mass is 32.2. The molecule has 0 atom stereocenters. The Morgan fingerprint density at radius 1 is 1.32 bits per heavy atom. The third kappa shape index (κ3) is 8.49. The summed E-state index contributed by atoms with van der Waals surface area (Å²) >= 11 is 1.07. The van der Waals surface area contributed by atoms with Crippen molar-refractivity contribution in [3.8, 4) is 5.75 Å². The van der Waals surface area contributed by atoms with Crippen LogP contribution in [0.3, 0.4) is 0 Å². The topological polar surface area (TPSA) is 128 Å². The summed E-state index contributed by atoms with van der Waals surface area (Å²) in [6.45, 7) is 8.96. The fourth-order valence-corrected chi connectivity index (χ4v) is 3.62. The zero-order valence-electron chi connectivity index (χ0n) is 16.2. The molecule has 0 aliphatic carbocycles. The highest BCUT2D eigenvalue weighted by molar-refractivity contribution is 8.06. The van der Waals surface area contributed by atoms with Crippen molar-refractivity contribution in [1.82, 2.24) is 10.6 Å². The standard InChI is InChI=1S/C18H25N3O5S2/c1-12(22)10-18(3,4)21-16(11-19)27-13(2)20-17(23)14-8-6-7-9-15(14)26-28(5,24)25/h6-9,11,21H,2,10,19H2,1,3-5H3,(H,20,23)/b16-11-. The number of thioether (sulfide) groups is 1. The van der Waals surface area contributed by atoms with Crippen LogP contribution < -0.4 is 20.6 Å². The van der Waals surface area contributed by atoms with Crippen LogP contribution in [0.1, 0.15) is 37.6 Å². The average molecular weight is 428 g/mol. The van der Waals surface area contributed by atoms with Crippen molar-refractivity contribution in [1.29, 1.82) is 0 Å². The molecular formula is C18H25N3O5S2. The lowest BCUT2D eigenvalue weighted by atomic mass is 9.99. The van der Waals surface area contributed by atoms with Gasteiger partial charge in [-0.15, -0.1) is 0 Å². The van der Waals surface area contributed by atoms with Crippen molar-refractivity contribution >= 4 is 33.6 Å². The summed E-state index contributed by atoms with van der Waals surface area (Å²) in [5.74, 6) is -0.653. The van der Waals surface area contributed by atoms with Gasteiger partial charge in [-0.05, 0) is 32.9 Å². The second-order valence-electron chi connectivity index (χ2n) is 6.68. The Hall–Kier alpha value is -2.46. The summed E-state index contributed by atoms with van der Waals surface area (Å²) < 4.78 is 27.6. The lowest BCUT2D eigenvalue weighted by molar-refractivity contribution is -0.118. The van der Waals surface area contributed by atoms with Crippen LogP contribution in [0.5, 0.6) is 5.75 Å². The number of nitrogens with one attached hydrogen (secondary N) is 2. The highest BCUT2D eigenvalue weighted by Gasteiger charge is 2.22. The number of benzene rings is 1. The van der Waals surface area contributed by atoms with E-state index in [4.69, 9.17) is 9.92 Å². The third-order valence-corrected chi connectivity index (χ3v) is 4.45. The molecule has 28 heavy (non-hydrogen) atoms. The van der Waals surface area contributed by atoms with E-state index in [0.29, 0.717) is 11.4 Å². The Labute approximate surface area is 169 Å². The Bertz CT molecular complexity index is 892. The van der Waals surface area contributed by atoms with Crippen LogP contribution in [0, 0.1) is 0 Å². The number of hydrogen-bond donors (Lipinski definition) is 3. The van der Waals surface area contributed by atoms with Crippen molar-refractivity contribution in [2.24, 2.45) is 5.73 Å². The van der Waals surface area contributed by atoms with E-state index in [1.807, 2.05) is 13.8 Å². The number of amides is 1.